The number of phenolic OH excluding ortho intramolecular Hbond substituents is 1. The molecule has 1 aromatic carbocycles. The second-order valence-electron chi connectivity index (χ2n) is 5.70. The fourth-order valence-electron chi connectivity index (χ4n) is 2.71. The van der Waals surface area contributed by atoms with Crippen molar-refractivity contribution >= 4 is 11.7 Å². The van der Waals surface area contributed by atoms with Gasteiger partial charge in [0.15, 0.2) is 0 Å². The van der Waals surface area contributed by atoms with E-state index in [1.807, 2.05) is 24.0 Å². The average molecular weight is 315 g/mol. The normalized spacial score (nSPS) is 16.2. The summed E-state index contributed by atoms with van der Waals surface area (Å²) in [5.74, 6) is 0.261. The van der Waals surface area contributed by atoms with Crippen LogP contribution in [0.2, 0.25) is 0 Å². The average Bonchev–Trinajstić information content (AvgIpc) is 3.09. The number of carbonyl (C=O) groups excluding carboxylic acids is 1. The van der Waals surface area contributed by atoms with E-state index in [0.29, 0.717) is 13.1 Å². The van der Waals surface area contributed by atoms with Crippen LogP contribution in [0.15, 0.2) is 36.7 Å². The number of piperazine rings is 1. The van der Waals surface area contributed by atoms with Crippen molar-refractivity contribution in [2.75, 3.05) is 31.1 Å². The van der Waals surface area contributed by atoms with Gasteiger partial charge in [0.2, 0.25) is 0 Å². The highest BCUT2D eigenvalue weighted by atomic mass is 16.3. The third-order valence-corrected chi connectivity index (χ3v) is 4.12. The molecule has 1 saturated heterocycles. The molecule has 23 heavy (non-hydrogen) atoms. The molecule has 2 amide bonds. The van der Waals surface area contributed by atoms with Crippen LogP contribution in [0, 0.1) is 0 Å². The van der Waals surface area contributed by atoms with Gasteiger partial charge in [0, 0.05) is 49.7 Å². The Balaban J connectivity index is 1.53. The fraction of sp³-hybridized carbons (Fsp3) is 0.375. The molecule has 0 radical (unpaired) electrons. The number of urea groups is 1. The summed E-state index contributed by atoms with van der Waals surface area (Å²) >= 11 is 0. The lowest BCUT2D eigenvalue weighted by Gasteiger charge is -2.36. The van der Waals surface area contributed by atoms with Crippen molar-refractivity contribution in [2.24, 2.45) is 0 Å². The number of aromatic hydroxyl groups is 1. The molecule has 7 heteroatoms. The molecule has 3 N–H and O–H groups in total. The minimum Gasteiger partial charge on any atom is -0.508 e. The van der Waals surface area contributed by atoms with Gasteiger partial charge in [-0.3, -0.25) is 5.10 Å². The molecule has 1 aliphatic heterocycles. The van der Waals surface area contributed by atoms with Gasteiger partial charge >= 0.3 is 6.03 Å². The number of aromatic amines is 1. The Labute approximate surface area is 134 Å². The topological polar surface area (TPSA) is 84.5 Å². The summed E-state index contributed by atoms with van der Waals surface area (Å²) < 4.78 is 0. The lowest BCUT2D eigenvalue weighted by Crippen LogP contribution is -2.52. The minimum atomic E-state index is -0.0784. The maximum absolute atomic E-state index is 12.3. The summed E-state index contributed by atoms with van der Waals surface area (Å²) in [5.41, 5.74) is 1.94. The summed E-state index contributed by atoms with van der Waals surface area (Å²) in [6, 6.07) is 7.06. The molecule has 1 atom stereocenters. The first-order valence-corrected chi connectivity index (χ1v) is 7.71. The first kappa shape index (κ1) is 15.2. The molecule has 2 aromatic rings. The maximum Gasteiger partial charge on any atom is 0.317 e. The van der Waals surface area contributed by atoms with Crippen LogP contribution in [0.5, 0.6) is 5.75 Å². The smallest absolute Gasteiger partial charge is 0.317 e. The second-order valence-corrected chi connectivity index (χ2v) is 5.70. The van der Waals surface area contributed by atoms with Crippen LogP contribution in [-0.4, -0.2) is 52.4 Å². The van der Waals surface area contributed by atoms with Gasteiger partial charge in [-0.2, -0.15) is 5.10 Å². The van der Waals surface area contributed by atoms with Crippen molar-refractivity contribution in [3.8, 4) is 5.75 Å². The Hall–Kier alpha value is -2.70. The SMILES string of the molecule is CC(NC(=O)N1CCN(c2cccc(O)c2)CC1)c1cn[nH]c1. The van der Waals surface area contributed by atoms with E-state index in [1.165, 1.54) is 0 Å². The fourth-order valence-corrected chi connectivity index (χ4v) is 2.71. The third kappa shape index (κ3) is 3.56. The van der Waals surface area contributed by atoms with E-state index in [0.717, 1.165) is 24.3 Å². The zero-order valence-corrected chi connectivity index (χ0v) is 13.1. The Morgan fingerprint density at radius 2 is 2.13 bits per heavy atom. The van der Waals surface area contributed by atoms with Crippen LogP contribution in [0.3, 0.4) is 0 Å². The number of nitrogens with one attached hydrogen (secondary N) is 2. The van der Waals surface area contributed by atoms with E-state index >= 15 is 0 Å². The zero-order valence-electron chi connectivity index (χ0n) is 13.1. The van der Waals surface area contributed by atoms with Crippen molar-refractivity contribution in [3.05, 3.63) is 42.2 Å². The van der Waals surface area contributed by atoms with Gasteiger partial charge in [-0.1, -0.05) is 6.07 Å². The number of benzene rings is 1. The number of aromatic nitrogens is 2. The lowest BCUT2D eigenvalue weighted by molar-refractivity contribution is 0.191. The predicted molar refractivity (Wildman–Crippen MR) is 87.4 cm³/mol. The number of phenols is 1. The Bertz CT molecular complexity index is 650. The highest BCUT2D eigenvalue weighted by Crippen LogP contribution is 2.21. The van der Waals surface area contributed by atoms with Gasteiger partial charge in [0.1, 0.15) is 5.75 Å². The van der Waals surface area contributed by atoms with Gasteiger partial charge < -0.3 is 20.2 Å². The van der Waals surface area contributed by atoms with Gasteiger partial charge in [-0.05, 0) is 19.1 Å². The van der Waals surface area contributed by atoms with Crippen molar-refractivity contribution in [1.29, 1.82) is 0 Å². The number of carbonyl (C=O) groups is 1. The number of anilines is 1. The Kier molecular flexibility index (Phi) is 4.36. The minimum absolute atomic E-state index is 0.0609. The first-order chi connectivity index (χ1) is 11.1. The van der Waals surface area contributed by atoms with Gasteiger partial charge in [-0.25, -0.2) is 4.79 Å². The highest BCUT2D eigenvalue weighted by Gasteiger charge is 2.22. The molecule has 3 rings (SSSR count). The second kappa shape index (κ2) is 6.60. The van der Waals surface area contributed by atoms with Crippen LogP contribution in [0.25, 0.3) is 0 Å². The molecule has 1 fully saturated rings. The largest absolute Gasteiger partial charge is 0.508 e. The number of hydrogen-bond donors (Lipinski definition) is 3. The van der Waals surface area contributed by atoms with Gasteiger partial charge in [0.25, 0.3) is 0 Å². The number of rotatable bonds is 3. The number of nitrogens with zero attached hydrogens (tertiary/aromatic N) is 3. The van der Waals surface area contributed by atoms with E-state index in [2.05, 4.69) is 20.4 Å². The van der Waals surface area contributed by atoms with Crippen molar-refractivity contribution in [1.82, 2.24) is 20.4 Å². The molecule has 0 spiro atoms. The van der Waals surface area contributed by atoms with Crippen LogP contribution in [0.4, 0.5) is 10.5 Å². The molecule has 7 nitrogen and oxygen atoms in total. The first-order valence-electron chi connectivity index (χ1n) is 7.71. The molecular weight excluding hydrogens is 294 g/mol. The zero-order chi connectivity index (χ0) is 16.2. The molecule has 0 saturated carbocycles. The number of hydrogen-bond acceptors (Lipinski definition) is 4. The van der Waals surface area contributed by atoms with Crippen molar-refractivity contribution < 1.29 is 9.90 Å². The number of amides is 2. The monoisotopic (exact) mass is 315 g/mol. The standard InChI is InChI=1S/C16H21N5O2/c1-12(13-10-17-18-11-13)19-16(23)21-7-5-20(6-8-21)14-3-2-4-15(22)9-14/h2-4,9-12,22H,5-8H2,1H3,(H,17,18)(H,19,23). The molecule has 0 bridgehead atoms. The van der Waals surface area contributed by atoms with Crippen molar-refractivity contribution in [3.63, 3.8) is 0 Å². The van der Waals surface area contributed by atoms with E-state index in [9.17, 15) is 9.90 Å². The molecule has 2 heterocycles. The van der Waals surface area contributed by atoms with Gasteiger partial charge in [0.05, 0.1) is 12.2 Å². The van der Waals surface area contributed by atoms with Crippen LogP contribution < -0.4 is 10.2 Å². The molecule has 0 aliphatic carbocycles. The molecule has 1 aromatic heterocycles. The highest BCUT2D eigenvalue weighted by molar-refractivity contribution is 5.75. The Morgan fingerprint density at radius 3 is 2.78 bits per heavy atom. The van der Waals surface area contributed by atoms with E-state index in [4.69, 9.17) is 0 Å². The van der Waals surface area contributed by atoms with Crippen LogP contribution in [0.1, 0.15) is 18.5 Å². The third-order valence-electron chi connectivity index (χ3n) is 4.12. The molecule has 1 aliphatic rings. The van der Waals surface area contributed by atoms with E-state index in [1.54, 1.807) is 24.5 Å². The number of H-pyrrole nitrogens is 1. The summed E-state index contributed by atoms with van der Waals surface area (Å²) in [4.78, 5) is 16.3. The summed E-state index contributed by atoms with van der Waals surface area (Å²) in [7, 11) is 0. The Morgan fingerprint density at radius 1 is 1.35 bits per heavy atom. The maximum atomic E-state index is 12.3. The molecule has 1 unspecified atom stereocenters. The quantitative estimate of drug-likeness (QED) is 0.805. The predicted octanol–water partition coefficient (Wildman–Crippen LogP) is 1.71. The van der Waals surface area contributed by atoms with Crippen molar-refractivity contribution in [2.45, 2.75) is 13.0 Å². The van der Waals surface area contributed by atoms with Crippen LogP contribution >= 0.6 is 0 Å². The summed E-state index contributed by atoms with van der Waals surface area (Å²) in [6.07, 6.45) is 3.50. The summed E-state index contributed by atoms with van der Waals surface area (Å²) in [5, 5.41) is 19.2. The molecular formula is C16H21N5O2. The van der Waals surface area contributed by atoms with E-state index < -0.39 is 0 Å². The summed E-state index contributed by atoms with van der Waals surface area (Å²) in [6.45, 7) is 4.73. The van der Waals surface area contributed by atoms with Crippen LogP contribution in [-0.2, 0) is 0 Å². The van der Waals surface area contributed by atoms with E-state index in [-0.39, 0.29) is 17.8 Å². The van der Waals surface area contributed by atoms with Gasteiger partial charge in [-0.15, -0.1) is 0 Å². The molecule has 122 valence electrons. The lowest BCUT2D eigenvalue weighted by atomic mass is 10.2.